The van der Waals surface area contributed by atoms with E-state index in [1.807, 2.05) is 0 Å². The first-order valence-corrected chi connectivity index (χ1v) is 13.4. The summed E-state index contributed by atoms with van der Waals surface area (Å²) in [4.78, 5) is 13.2. The summed E-state index contributed by atoms with van der Waals surface area (Å²) in [5, 5.41) is 13.2. The summed E-state index contributed by atoms with van der Waals surface area (Å²) in [5.41, 5.74) is 5.74. The maximum Gasteiger partial charge on any atom is 0.354 e. The number of aryl methyl sites for hydroxylation is 3. The molecule has 2 amide bonds. The molecule has 3 aliphatic carbocycles. The molecule has 10 heteroatoms. The number of nitrogens with zero attached hydrogens (tertiary/aromatic N) is 3. The van der Waals surface area contributed by atoms with E-state index in [-0.39, 0.29) is 10.8 Å². The summed E-state index contributed by atoms with van der Waals surface area (Å²) in [5.74, 6) is 0.587. The Labute approximate surface area is 193 Å². The smallest absolute Gasteiger partial charge is 0.354 e. The van der Waals surface area contributed by atoms with Gasteiger partial charge in [-0.1, -0.05) is 6.07 Å². The number of hydrogen-bond donors (Lipinski definition) is 2. The fourth-order valence-electron chi connectivity index (χ4n) is 5.31. The minimum absolute atomic E-state index is 0.163. The third-order valence-corrected chi connectivity index (χ3v) is 8.38. The molecule has 9 nitrogen and oxygen atoms in total. The van der Waals surface area contributed by atoms with E-state index in [9.17, 15) is 9.00 Å². The predicted octanol–water partition coefficient (Wildman–Crippen LogP) is 3.30. The van der Waals surface area contributed by atoms with Crippen molar-refractivity contribution in [3.63, 3.8) is 0 Å². The average molecular weight is 472 g/mol. The highest BCUT2D eigenvalue weighted by Gasteiger charge is 2.33. The van der Waals surface area contributed by atoms with Crippen molar-refractivity contribution in [1.29, 1.82) is 0 Å². The Hall–Kier alpha value is -2.43. The molecule has 1 aromatic carbocycles. The van der Waals surface area contributed by atoms with Gasteiger partial charge < -0.3 is 14.8 Å². The number of hydrogen-bond acceptors (Lipinski definition) is 5. The van der Waals surface area contributed by atoms with E-state index in [0.29, 0.717) is 31.7 Å². The summed E-state index contributed by atoms with van der Waals surface area (Å²) < 4.78 is 30.4. The molecule has 3 N–H and O–H groups in total. The summed E-state index contributed by atoms with van der Waals surface area (Å²) >= 11 is 0. The Kier molecular flexibility index (Phi) is 5.19. The predicted molar refractivity (Wildman–Crippen MR) is 123 cm³/mol. The second-order valence-electron chi connectivity index (χ2n) is 9.41. The van der Waals surface area contributed by atoms with Gasteiger partial charge in [-0.2, -0.15) is 5.10 Å². The number of ether oxygens (including phenoxy) is 2. The normalized spacial score (nSPS) is 22.6. The van der Waals surface area contributed by atoms with Crippen molar-refractivity contribution >= 4 is 21.6 Å². The monoisotopic (exact) mass is 471 g/mol. The van der Waals surface area contributed by atoms with Gasteiger partial charge in [0.1, 0.15) is 4.90 Å². The summed E-state index contributed by atoms with van der Waals surface area (Å²) in [6, 6.07) is 1.61. The van der Waals surface area contributed by atoms with Gasteiger partial charge in [0.25, 0.3) is 0 Å². The number of carbonyl (C=O) groups is 1. The highest BCUT2D eigenvalue weighted by Crippen LogP contribution is 2.45. The molecule has 1 fully saturated rings. The van der Waals surface area contributed by atoms with E-state index in [2.05, 4.69) is 20.8 Å². The third kappa shape index (κ3) is 3.94. The number of nitrogens with two attached hydrogens (primary N) is 1. The SMILES string of the molecule is NS(=O)(=NC(=O)Nc1c2c(cc3c1C(COC1CC1)CC3)CCC2)c1cnn2c1OCCC2. The van der Waals surface area contributed by atoms with E-state index >= 15 is 0 Å². The minimum Gasteiger partial charge on any atom is -0.477 e. The molecule has 2 aromatic rings. The first kappa shape index (κ1) is 21.1. The van der Waals surface area contributed by atoms with Crippen LogP contribution in [-0.2, 0) is 40.5 Å². The zero-order valence-electron chi connectivity index (χ0n) is 18.5. The van der Waals surface area contributed by atoms with Crippen LogP contribution in [0.25, 0.3) is 0 Å². The van der Waals surface area contributed by atoms with Crippen LogP contribution in [0.4, 0.5) is 10.5 Å². The van der Waals surface area contributed by atoms with E-state index in [1.165, 1.54) is 22.9 Å². The van der Waals surface area contributed by atoms with Crippen molar-refractivity contribution in [2.75, 3.05) is 18.5 Å². The van der Waals surface area contributed by atoms with Gasteiger partial charge in [0, 0.05) is 24.6 Å². The number of benzene rings is 1. The Morgan fingerprint density at radius 1 is 1.27 bits per heavy atom. The molecule has 2 unspecified atom stereocenters. The molecule has 1 saturated carbocycles. The summed E-state index contributed by atoms with van der Waals surface area (Å²) in [6.07, 6.45) is 9.86. The maximum absolute atomic E-state index is 13.2. The Morgan fingerprint density at radius 3 is 3.00 bits per heavy atom. The number of amides is 2. The lowest BCUT2D eigenvalue weighted by molar-refractivity contribution is 0.106. The van der Waals surface area contributed by atoms with Gasteiger partial charge in [-0.3, -0.25) is 0 Å². The van der Waals surface area contributed by atoms with E-state index < -0.39 is 15.9 Å². The van der Waals surface area contributed by atoms with Crippen molar-refractivity contribution in [3.8, 4) is 5.88 Å². The van der Waals surface area contributed by atoms with Crippen LogP contribution in [0, 0.1) is 0 Å². The van der Waals surface area contributed by atoms with Crippen LogP contribution in [-0.4, -0.2) is 39.3 Å². The fourth-order valence-corrected chi connectivity index (χ4v) is 6.32. The molecule has 33 heavy (non-hydrogen) atoms. The van der Waals surface area contributed by atoms with Crippen LogP contribution in [0.2, 0.25) is 0 Å². The van der Waals surface area contributed by atoms with Gasteiger partial charge in [-0.25, -0.2) is 18.8 Å². The van der Waals surface area contributed by atoms with Crippen LogP contribution in [0.1, 0.15) is 60.3 Å². The van der Waals surface area contributed by atoms with Gasteiger partial charge in [0.15, 0.2) is 9.92 Å². The molecule has 176 valence electrons. The standard InChI is InChI=1S/C23H29N5O4S/c24-33(30,19-12-25-28-9-2-10-31-22(19)28)27-23(29)26-21-18-4-1-3-14(18)11-15-5-6-16(20(15)21)13-32-17-7-8-17/h11-12,16-17H,1-10,13H2,(H3,24,26,27,29,30). The highest BCUT2D eigenvalue weighted by atomic mass is 32.2. The number of fused-ring (bicyclic) bond motifs is 3. The first-order valence-electron chi connectivity index (χ1n) is 11.8. The lowest BCUT2D eigenvalue weighted by atomic mass is 9.94. The number of rotatable bonds is 5. The Bertz CT molecular complexity index is 1240. The largest absolute Gasteiger partial charge is 0.477 e. The average Bonchev–Trinajstić information content (AvgIpc) is 3.17. The van der Waals surface area contributed by atoms with Crippen LogP contribution >= 0.6 is 0 Å². The first-order chi connectivity index (χ1) is 16.0. The highest BCUT2D eigenvalue weighted by molar-refractivity contribution is 7.91. The van der Waals surface area contributed by atoms with Crippen LogP contribution in [0.5, 0.6) is 5.88 Å². The maximum atomic E-state index is 13.2. The van der Waals surface area contributed by atoms with Crippen molar-refractivity contribution in [2.45, 2.75) is 74.8 Å². The van der Waals surface area contributed by atoms with Gasteiger partial charge in [-0.05, 0) is 67.2 Å². The van der Waals surface area contributed by atoms with Crippen LogP contribution < -0.4 is 15.2 Å². The molecular weight excluding hydrogens is 442 g/mol. The molecule has 0 spiro atoms. The summed E-state index contributed by atoms with van der Waals surface area (Å²) in [7, 11) is -3.50. The molecule has 2 heterocycles. The van der Waals surface area contributed by atoms with E-state index in [0.717, 1.165) is 62.6 Å². The van der Waals surface area contributed by atoms with Crippen molar-refractivity contribution in [2.24, 2.45) is 9.50 Å². The van der Waals surface area contributed by atoms with E-state index in [4.69, 9.17) is 14.6 Å². The third-order valence-electron chi connectivity index (χ3n) is 7.03. The van der Waals surface area contributed by atoms with Gasteiger partial charge >= 0.3 is 6.03 Å². The zero-order chi connectivity index (χ0) is 22.6. The lowest BCUT2D eigenvalue weighted by Crippen LogP contribution is -2.21. The molecular formula is C23H29N5O4S. The summed E-state index contributed by atoms with van der Waals surface area (Å²) in [6.45, 7) is 1.82. The topological polar surface area (TPSA) is 121 Å². The van der Waals surface area contributed by atoms with Crippen LogP contribution in [0.3, 0.4) is 0 Å². The van der Waals surface area contributed by atoms with E-state index in [1.54, 1.807) is 4.68 Å². The molecule has 1 aromatic heterocycles. The van der Waals surface area contributed by atoms with Gasteiger partial charge in [0.05, 0.1) is 25.5 Å². The Balaban J connectivity index is 1.32. The number of nitrogens with one attached hydrogen (secondary N) is 1. The van der Waals surface area contributed by atoms with Crippen molar-refractivity contribution in [3.05, 3.63) is 34.5 Å². The van der Waals surface area contributed by atoms with Crippen molar-refractivity contribution in [1.82, 2.24) is 9.78 Å². The number of anilines is 1. The molecule has 0 bridgehead atoms. The molecule has 0 radical (unpaired) electrons. The molecule has 2 atom stereocenters. The van der Waals surface area contributed by atoms with Crippen molar-refractivity contribution < 1.29 is 18.5 Å². The lowest BCUT2D eigenvalue weighted by Gasteiger charge is -2.20. The minimum atomic E-state index is -3.50. The van der Waals surface area contributed by atoms with Gasteiger partial charge in [0.2, 0.25) is 5.88 Å². The number of urea groups is 1. The molecule has 4 aliphatic rings. The zero-order valence-corrected chi connectivity index (χ0v) is 19.4. The fraction of sp³-hybridized carbons (Fsp3) is 0.565. The number of aromatic nitrogens is 2. The second kappa shape index (κ2) is 8.11. The Morgan fingerprint density at radius 2 is 2.15 bits per heavy atom. The quantitative estimate of drug-likeness (QED) is 0.693. The van der Waals surface area contributed by atoms with Crippen LogP contribution in [0.15, 0.2) is 21.5 Å². The molecule has 0 saturated heterocycles. The second-order valence-corrected chi connectivity index (χ2v) is 11.2. The van der Waals surface area contributed by atoms with Gasteiger partial charge in [-0.15, -0.1) is 4.36 Å². The molecule has 6 rings (SSSR count). The molecule has 1 aliphatic heterocycles. The number of carbonyl (C=O) groups excluding carboxylic acids is 1.